The van der Waals surface area contributed by atoms with E-state index in [1.807, 2.05) is 18.2 Å². The summed E-state index contributed by atoms with van der Waals surface area (Å²) in [5.41, 5.74) is 1.98. The fourth-order valence-corrected chi connectivity index (χ4v) is 4.14. The van der Waals surface area contributed by atoms with Crippen LogP contribution in [0.4, 0.5) is 5.69 Å². The number of rotatable bonds is 9. The maximum atomic E-state index is 12.2. The number of ether oxygens (including phenoxy) is 1. The van der Waals surface area contributed by atoms with Gasteiger partial charge in [-0.3, -0.25) is 14.7 Å². The molecule has 1 aliphatic heterocycles. The van der Waals surface area contributed by atoms with E-state index >= 15 is 0 Å². The maximum Gasteiger partial charge on any atom is 0.227 e. The average molecular weight is 558 g/mol. The van der Waals surface area contributed by atoms with Crippen LogP contribution in [0, 0.1) is 11.8 Å². The molecule has 0 radical (unpaired) electrons. The van der Waals surface area contributed by atoms with E-state index in [1.54, 1.807) is 7.05 Å². The quantitative estimate of drug-likeness (QED) is 0.246. The number of amides is 1. The van der Waals surface area contributed by atoms with E-state index in [-0.39, 0.29) is 35.8 Å². The van der Waals surface area contributed by atoms with Gasteiger partial charge in [0.2, 0.25) is 5.91 Å². The Labute approximate surface area is 210 Å². The minimum Gasteiger partial charge on any atom is -0.379 e. The molecule has 1 aliphatic carbocycles. The summed E-state index contributed by atoms with van der Waals surface area (Å²) in [4.78, 5) is 19.1. The topological polar surface area (TPSA) is 78.0 Å². The van der Waals surface area contributed by atoms with Gasteiger partial charge in [0, 0.05) is 50.9 Å². The van der Waals surface area contributed by atoms with Crippen LogP contribution >= 0.6 is 24.0 Å². The van der Waals surface area contributed by atoms with Crippen LogP contribution in [0.25, 0.3) is 0 Å². The first-order valence-electron chi connectivity index (χ1n) is 11.7. The second-order valence-electron chi connectivity index (χ2n) is 9.06. The third-order valence-corrected chi connectivity index (χ3v) is 6.16. The van der Waals surface area contributed by atoms with Gasteiger partial charge >= 0.3 is 0 Å². The number of nitrogens with one attached hydrogen (secondary N) is 3. The Hall–Kier alpha value is -1.39. The number of anilines is 1. The Morgan fingerprint density at radius 2 is 1.97 bits per heavy atom. The Kier molecular flexibility index (Phi) is 11.7. The monoisotopic (exact) mass is 557 g/mol. The number of nitrogens with zero attached hydrogens (tertiary/aromatic N) is 2. The zero-order valence-electron chi connectivity index (χ0n) is 19.7. The molecule has 1 amide bonds. The van der Waals surface area contributed by atoms with Gasteiger partial charge in [-0.1, -0.05) is 32.4 Å². The van der Waals surface area contributed by atoms with Crippen molar-refractivity contribution in [3.05, 3.63) is 29.8 Å². The average Bonchev–Trinajstić information content (AvgIpc) is 2.72. The predicted octanol–water partition coefficient (Wildman–Crippen LogP) is 3.46. The normalized spacial score (nSPS) is 18.4. The number of morpholine rings is 1. The molecule has 32 heavy (non-hydrogen) atoms. The summed E-state index contributed by atoms with van der Waals surface area (Å²) in [6.45, 7) is 9.67. The van der Waals surface area contributed by atoms with Crippen molar-refractivity contribution in [3.8, 4) is 0 Å². The zero-order chi connectivity index (χ0) is 22.1. The van der Waals surface area contributed by atoms with E-state index in [2.05, 4.69) is 45.8 Å². The molecule has 1 atom stereocenters. The lowest BCUT2D eigenvalue weighted by atomic mass is 9.85. The number of benzene rings is 1. The fourth-order valence-electron chi connectivity index (χ4n) is 4.14. The lowest BCUT2D eigenvalue weighted by Gasteiger charge is -2.35. The van der Waals surface area contributed by atoms with Crippen LogP contribution in [0.1, 0.15) is 45.1 Å². The van der Waals surface area contributed by atoms with E-state index in [9.17, 15) is 4.79 Å². The molecule has 8 heteroatoms. The van der Waals surface area contributed by atoms with Crippen LogP contribution in [-0.2, 0) is 16.1 Å². The lowest BCUT2D eigenvalue weighted by Crippen LogP contribution is -2.50. The van der Waals surface area contributed by atoms with Crippen LogP contribution < -0.4 is 16.0 Å². The molecule has 2 aliphatic rings. The molecule has 3 rings (SSSR count). The summed E-state index contributed by atoms with van der Waals surface area (Å²) in [7, 11) is 1.80. The summed E-state index contributed by atoms with van der Waals surface area (Å²) in [6, 6.07) is 8.50. The van der Waals surface area contributed by atoms with Gasteiger partial charge in [0.1, 0.15) is 0 Å². The molecule has 0 bridgehead atoms. The molecule has 0 spiro atoms. The number of hydrogen-bond acceptors (Lipinski definition) is 4. The van der Waals surface area contributed by atoms with Crippen LogP contribution in [-0.4, -0.2) is 62.7 Å². The molecule has 1 aromatic rings. The van der Waals surface area contributed by atoms with Crippen molar-refractivity contribution in [2.24, 2.45) is 16.8 Å². The number of guanidine groups is 1. The van der Waals surface area contributed by atoms with Gasteiger partial charge in [-0.05, 0) is 42.9 Å². The van der Waals surface area contributed by atoms with Gasteiger partial charge in [-0.2, -0.15) is 0 Å². The number of halogens is 1. The summed E-state index contributed by atoms with van der Waals surface area (Å²) in [5, 5.41) is 9.96. The second kappa shape index (κ2) is 14.0. The Bertz CT molecular complexity index is 733. The smallest absolute Gasteiger partial charge is 0.227 e. The molecular weight excluding hydrogens is 517 g/mol. The summed E-state index contributed by atoms with van der Waals surface area (Å²) in [5.74, 6) is 1.77. The van der Waals surface area contributed by atoms with Crippen LogP contribution in [0.2, 0.25) is 0 Å². The van der Waals surface area contributed by atoms with Crippen molar-refractivity contribution in [3.63, 3.8) is 0 Å². The minimum atomic E-state index is 0. The SMILES string of the molecule is CN=C(NCc1cccc(NC(=O)C2CCC2)c1)NCC(CC(C)C)N1CCOCC1.I. The van der Waals surface area contributed by atoms with Crippen LogP contribution in [0.3, 0.4) is 0 Å². The van der Waals surface area contributed by atoms with Crippen LogP contribution in [0.15, 0.2) is 29.3 Å². The van der Waals surface area contributed by atoms with Crippen LogP contribution in [0.5, 0.6) is 0 Å². The van der Waals surface area contributed by atoms with Crippen molar-refractivity contribution < 1.29 is 9.53 Å². The molecular formula is C24H40IN5O2. The molecule has 7 nitrogen and oxygen atoms in total. The van der Waals surface area contributed by atoms with E-state index in [0.29, 0.717) is 18.5 Å². The zero-order valence-corrected chi connectivity index (χ0v) is 22.1. The summed E-state index contributed by atoms with van der Waals surface area (Å²) < 4.78 is 5.52. The number of carbonyl (C=O) groups is 1. The van der Waals surface area contributed by atoms with Gasteiger partial charge < -0.3 is 20.7 Å². The molecule has 1 saturated heterocycles. The molecule has 3 N–H and O–H groups in total. The standard InChI is InChI=1S/C24H39N5O2.HI/c1-18(2)14-22(29-10-12-31-13-11-29)17-27-24(25-3)26-16-19-6-4-9-21(15-19)28-23(30)20-7-5-8-20;/h4,6,9,15,18,20,22H,5,7-8,10-14,16-17H2,1-3H3,(H,28,30)(H2,25,26,27);1H. The number of hydrogen-bond donors (Lipinski definition) is 3. The molecule has 0 aromatic heterocycles. The third-order valence-electron chi connectivity index (χ3n) is 6.16. The molecule has 180 valence electrons. The predicted molar refractivity (Wildman–Crippen MR) is 142 cm³/mol. The summed E-state index contributed by atoms with van der Waals surface area (Å²) >= 11 is 0. The highest BCUT2D eigenvalue weighted by Crippen LogP contribution is 2.27. The lowest BCUT2D eigenvalue weighted by molar-refractivity contribution is -0.122. The van der Waals surface area contributed by atoms with Gasteiger partial charge in [0.05, 0.1) is 13.2 Å². The van der Waals surface area contributed by atoms with Crippen molar-refractivity contribution >= 4 is 41.5 Å². The van der Waals surface area contributed by atoms with E-state index < -0.39 is 0 Å². The largest absolute Gasteiger partial charge is 0.379 e. The number of carbonyl (C=O) groups excluding carboxylic acids is 1. The first-order valence-corrected chi connectivity index (χ1v) is 11.7. The van der Waals surface area contributed by atoms with E-state index in [1.165, 1.54) is 0 Å². The first kappa shape index (κ1) is 26.9. The minimum absolute atomic E-state index is 0. The first-order chi connectivity index (χ1) is 15.0. The van der Waals surface area contributed by atoms with Crippen molar-refractivity contribution in [1.29, 1.82) is 0 Å². The van der Waals surface area contributed by atoms with Crippen molar-refractivity contribution in [2.45, 2.75) is 52.1 Å². The van der Waals surface area contributed by atoms with Gasteiger partial charge in [-0.25, -0.2) is 0 Å². The molecule has 1 aromatic carbocycles. The Balaban J connectivity index is 0.00000363. The van der Waals surface area contributed by atoms with E-state index in [4.69, 9.17) is 4.74 Å². The van der Waals surface area contributed by atoms with Gasteiger partial charge in [0.15, 0.2) is 5.96 Å². The Morgan fingerprint density at radius 1 is 1.22 bits per heavy atom. The van der Waals surface area contributed by atoms with Crippen molar-refractivity contribution in [1.82, 2.24) is 15.5 Å². The van der Waals surface area contributed by atoms with Gasteiger partial charge in [0.25, 0.3) is 0 Å². The molecule has 1 unspecified atom stereocenters. The summed E-state index contributed by atoms with van der Waals surface area (Å²) in [6.07, 6.45) is 4.33. The highest BCUT2D eigenvalue weighted by molar-refractivity contribution is 14.0. The molecule has 2 fully saturated rings. The maximum absolute atomic E-state index is 12.2. The highest BCUT2D eigenvalue weighted by atomic mass is 127. The van der Waals surface area contributed by atoms with E-state index in [0.717, 1.165) is 75.7 Å². The Morgan fingerprint density at radius 3 is 2.59 bits per heavy atom. The fraction of sp³-hybridized carbons (Fsp3) is 0.667. The second-order valence-corrected chi connectivity index (χ2v) is 9.06. The number of aliphatic imine (C=N–C) groups is 1. The van der Waals surface area contributed by atoms with Crippen molar-refractivity contribution in [2.75, 3.05) is 45.2 Å². The van der Waals surface area contributed by atoms with Gasteiger partial charge in [-0.15, -0.1) is 24.0 Å². The molecule has 1 heterocycles. The molecule has 1 saturated carbocycles. The highest BCUT2D eigenvalue weighted by Gasteiger charge is 2.25. The third kappa shape index (κ3) is 8.51.